The summed E-state index contributed by atoms with van der Waals surface area (Å²) in [5.41, 5.74) is 2.26. The van der Waals surface area contributed by atoms with Gasteiger partial charge in [-0.05, 0) is 24.3 Å². The Labute approximate surface area is 139 Å². The van der Waals surface area contributed by atoms with E-state index in [0.717, 1.165) is 11.3 Å². The number of phenols is 1. The molecule has 0 aliphatic rings. The van der Waals surface area contributed by atoms with Gasteiger partial charge in [0.15, 0.2) is 11.5 Å². The third-order valence-electron chi connectivity index (χ3n) is 3.57. The second-order valence-corrected chi connectivity index (χ2v) is 4.98. The molecule has 7 nitrogen and oxygen atoms in total. The van der Waals surface area contributed by atoms with Crippen LogP contribution in [-0.4, -0.2) is 41.4 Å². The fraction of sp³-hybridized carbons (Fsp3) is 0.176. The molecule has 1 heterocycles. The van der Waals surface area contributed by atoms with Crippen LogP contribution in [0.25, 0.3) is 16.9 Å². The Balaban J connectivity index is 2.02. The van der Waals surface area contributed by atoms with Crippen molar-refractivity contribution in [3.8, 4) is 39.9 Å². The Kier molecular flexibility index (Phi) is 4.24. The van der Waals surface area contributed by atoms with Crippen molar-refractivity contribution in [3.05, 3.63) is 42.6 Å². The standard InChI is InChI=1S/C17H17N3O4/c1-22-15-8-12(9-16(23-2)17(15)24-3)20-10-14(18-19-20)11-4-6-13(21)7-5-11/h4-10,21H,1-3H3. The second-order valence-electron chi connectivity index (χ2n) is 4.98. The molecular weight excluding hydrogens is 310 g/mol. The summed E-state index contributed by atoms with van der Waals surface area (Å²) in [7, 11) is 4.67. The largest absolute Gasteiger partial charge is 0.508 e. The van der Waals surface area contributed by atoms with Crippen molar-refractivity contribution in [1.82, 2.24) is 15.0 Å². The van der Waals surface area contributed by atoms with Gasteiger partial charge in [-0.3, -0.25) is 0 Å². The minimum Gasteiger partial charge on any atom is -0.508 e. The van der Waals surface area contributed by atoms with Gasteiger partial charge in [-0.15, -0.1) is 5.10 Å². The van der Waals surface area contributed by atoms with Gasteiger partial charge in [0.1, 0.15) is 11.4 Å². The third kappa shape index (κ3) is 2.83. The van der Waals surface area contributed by atoms with Crippen molar-refractivity contribution in [2.24, 2.45) is 0 Å². The molecule has 7 heteroatoms. The maximum Gasteiger partial charge on any atom is 0.203 e. The van der Waals surface area contributed by atoms with E-state index in [1.165, 1.54) is 0 Å². The molecule has 1 aromatic heterocycles. The highest BCUT2D eigenvalue weighted by Crippen LogP contribution is 2.39. The van der Waals surface area contributed by atoms with Gasteiger partial charge in [-0.2, -0.15) is 0 Å². The molecule has 0 bridgehead atoms. The zero-order valence-electron chi connectivity index (χ0n) is 13.6. The zero-order valence-corrected chi connectivity index (χ0v) is 13.6. The Bertz CT molecular complexity index is 818. The molecule has 0 unspecified atom stereocenters. The number of hydrogen-bond donors (Lipinski definition) is 1. The molecule has 124 valence electrons. The number of methoxy groups -OCH3 is 3. The quantitative estimate of drug-likeness (QED) is 0.776. The Morgan fingerprint density at radius 2 is 1.54 bits per heavy atom. The molecule has 24 heavy (non-hydrogen) atoms. The minimum atomic E-state index is 0.204. The minimum absolute atomic E-state index is 0.204. The van der Waals surface area contributed by atoms with Crippen molar-refractivity contribution >= 4 is 0 Å². The molecule has 1 N–H and O–H groups in total. The lowest BCUT2D eigenvalue weighted by molar-refractivity contribution is 0.324. The van der Waals surface area contributed by atoms with Gasteiger partial charge in [0.25, 0.3) is 0 Å². The molecule has 0 atom stereocenters. The zero-order chi connectivity index (χ0) is 17.1. The molecule has 3 rings (SSSR count). The fourth-order valence-electron chi connectivity index (χ4n) is 2.35. The van der Waals surface area contributed by atoms with E-state index in [4.69, 9.17) is 14.2 Å². The SMILES string of the molecule is COc1cc(-n2cc(-c3ccc(O)cc3)nn2)cc(OC)c1OC. The average Bonchev–Trinajstić information content (AvgIpc) is 3.11. The summed E-state index contributed by atoms with van der Waals surface area (Å²) in [4.78, 5) is 0. The van der Waals surface area contributed by atoms with Crippen LogP contribution in [0.2, 0.25) is 0 Å². The summed E-state index contributed by atoms with van der Waals surface area (Å²) in [5, 5.41) is 17.7. The highest BCUT2D eigenvalue weighted by Gasteiger charge is 2.15. The molecule has 0 aliphatic heterocycles. The first-order valence-electron chi connectivity index (χ1n) is 7.18. The van der Waals surface area contributed by atoms with Gasteiger partial charge >= 0.3 is 0 Å². The monoisotopic (exact) mass is 327 g/mol. The van der Waals surface area contributed by atoms with Crippen LogP contribution >= 0.6 is 0 Å². The average molecular weight is 327 g/mol. The second kappa shape index (κ2) is 6.49. The third-order valence-corrected chi connectivity index (χ3v) is 3.57. The Hall–Kier alpha value is -3.22. The smallest absolute Gasteiger partial charge is 0.203 e. The number of hydrogen-bond acceptors (Lipinski definition) is 6. The lowest BCUT2D eigenvalue weighted by atomic mass is 10.1. The van der Waals surface area contributed by atoms with Gasteiger partial charge in [-0.1, -0.05) is 5.21 Å². The number of ether oxygens (including phenoxy) is 3. The van der Waals surface area contributed by atoms with Gasteiger partial charge < -0.3 is 19.3 Å². The summed E-state index contributed by atoms with van der Waals surface area (Å²) in [6, 6.07) is 10.3. The van der Waals surface area contributed by atoms with E-state index in [0.29, 0.717) is 22.9 Å². The fourth-order valence-corrected chi connectivity index (χ4v) is 2.35. The normalized spacial score (nSPS) is 10.5. The summed E-state index contributed by atoms with van der Waals surface area (Å²) >= 11 is 0. The Morgan fingerprint density at radius 3 is 2.08 bits per heavy atom. The number of aromatic nitrogens is 3. The molecule has 0 fully saturated rings. The summed E-state index contributed by atoms with van der Waals surface area (Å²) < 4.78 is 17.6. The van der Waals surface area contributed by atoms with Gasteiger partial charge in [-0.25, -0.2) is 4.68 Å². The van der Waals surface area contributed by atoms with Crippen LogP contribution in [0.15, 0.2) is 42.6 Å². The molecule has 0 spiro atoms. The van der Waals surface area contributed by atoms with Crippen LogP contribution in [-0.2, 0) is 0 Å². The van der Waals surface area contributed by atoms with Gasteiger partial charge in [0, 0.05) is 17.7 Å². The van der Waals surface area contributed by atoms with E-state index in [2.05, 4.69) is 10.3 Å². The van der Waals surface area contributed by atoms with E-state index < -0.39 is 0 Å². The van der Waals surface area contributed by atoms with Gasteiger partial charge in [0.2, 0.25) is 5.75 Å². The van der Waals surface area contributed by atoms with Crippen LogP contribution in [0, 0.1) is 0 Å². The number of aromatic hydroxyl groups is 1. The maximum absolute atomic E-state index is 9.37. The molecule has 0 amide bonds. The molecule has 2 aromatic carbocycles. The maximum atomic E-state index is 9.37. The van der Waals surface area contributed by atoms with Crippen molar-refractivity contribution in [1.29, 1.82) is 0 Å². The predicted octanol–water partition coefficient (Wildman–Crippen LogP) is 2.67. The Morgan fingerprint density at radius 1 is 0.917 bits per heavy atom. The van der Waals surface area contributed by atoms with Crippen LogP contribution < -0.4 is 14.2 Å². The van der Waals surface area contributed by atoms with Crippen LogP contribution in [0.5, 0.6) is 23.0 Å². The number of phenolic OH excluding ortho intramolecular Hbond substituents is 1. The first kappa shape index (κ1) is 15.7. The molecule has 0 radical (unpaired) electrons. The molecule has 0 saturated carbocycles. The highest BCUT2D eigenvalue weighted by molar-refractivity contribution is 5.61. The number of benzene rings is 2. The summed E-state index contributed by atoms with van der Waals surface area (Å²) in [5.74, 6) is 1.79. The molecule has 3 aromatic rings. The van der Waals surface area contributed by atoms with E-state index in [9.17, 15) is 5.11 Å². The van der Waals surface area contributed by atoms with Crippen molar-refractivity contribution < 1.29 is 19.3 Å². The van der Waals surface area contributed by atoms with Crippen molar-refractivity contribution in [2.75, 3.05) is 21.3 Å². The molecular formula is C17H17N3O4. The predicted molar refractivity (Wildman–Crippen MR) is 88.1 cm³/mol. The van der Waals surface area contributed by atoms with E-state index >= 15 is 0 Å². The topological polar surface area (TPSA) is 78.6 Å². The van der Waals surface area contributed by atoms with Crippen molar-refractivity contribution in [2.45, 2.75) is 0 Å². The van der Waals surface area contributed by atoms with Crippen LogP contribution in [0.4, 0.5) is 0 Å². The summed E-state index contributed by atoms with van der Waals surface area (Å²) in [6.07, 6.45) is 1.78. The van der Waals surface area contributed by atoms with E-state index in [1.54, 1.807) is 68.6 Å². The van der Waals surface area contributed by atoms with E-state index in [1.807, 2.05) is 0 Å². The highest BCUT2D eigenvalue weighted by atomic mass is 16.5. The number of nitrogens with zero attached hydrogens (tertiary/aromatic N) is 3. The summed E-state index contributed by atoms with van der Waals surface area (Å²) in [6.45, 7) is 0. The van der Waals surface area contributed by atoms with Crippen LogP contribution in [0.3, 0.4) is 0 Å². The molecule has 0 saturated heterocycles. The van der Waals surface area contributed by atoms with Gasteiger partial charge in [0.05, 0.1) is 33.2 Å². The first-order valence-corrected chi connectivity index (χ1v) is 7.18. The van der Waals surface area contributed by atoms with Crippen LogP contribution in [0.1, 0.15) is 0 Å². The van der Waals surface area contributed by atoms with Crippen molar-refractivity contribution in [3.63, 3.8) is 0 Å². The lowest BCUT2D eigenvalue weighted by Gasteiger charge is -2.13. The first-order chi connectivity index (χ1) is 11.7. The lowest BCUT2D eigenvalue weighted by Crippen LogP contribution is -2.00. The number of rotatable bonds is 5. The van der Waals surface area contributed by atoms with E-state index in [-0.39, 0.29) is 5.75 Å². The molecule has 0 aliphatic carbocycles.